The summed E-state index contributed by atoms with van der Waals surface area (Å²) in [5.74, 6) is 1.86. The number of alkyl halides is 1. The minimum absolute atomic E-state index is 0.127. The fraction of sp³-hybridized carbons (Fsp3) is 1.00. The van der Waals surface area contributed by atoms with Gasteiger partial charge in [-0.3, -0.25) is 0 Å². The Morgan fingerprint density at radius 1 is 1.50 bits per heavy atom. The Morgan fingerprint density at radius 3 is 2.64 bits per heavy atom. The molecule has 0 aromatic rings. The van der Waals surface area contributed by atoms with Crippen molar-refractivity contribution >= 4 is 33.4 Å². The summed E-state index contributed by atoms with van der Waals surface area (Å²) in [7, 11) is -3.10. The topological polar surface area (TPSA) is 46.2 Å². The standard InChI is InChI=1S/C8H18ClNO2S2/c1-8(7-13-2)6-10-14(11,12)5-3-4-9/h8,10H,3-7H2,1-2H3. The van der Waals surface area contributed by atoms with Crippen molar-refractivity contribution in [2.75, 3.05) is 30.2 Å². The second-order valence-electron chi connectivity index (χ2n) is 3.27. The van der Waals surface area contributed by atoms with Gasteiger partial charge in [0.15, 0.2) is 0 Å². The highest BCUT2D eigenvalue weighted by atomic mass is 35.5. The maximum absolute atomic E-state index is 11.3. The summed E-state index contributed by atoms with van der Waals surface area (Å²) in [6.45, 7) is 2.55. The third-order valence-electron chi connectivity index (χ3n) is 1.65. The van der Waals surface area contributed by atoms with Gasteiger partial charge in [0.1, 0.15) is 0 Å². The Bertz CT molecular complexity index is 231. The molecule has 0 spiro atoms. The van der Waals surface area contributed by atoms with Crippen LogP contribution in [0.2, 0.25) is 0 Å². The van der Waals surface area contributed by atoms with Gasteiger partial charge in [-0.25, -0.2) is 13.1 Å². The molecule has 3 nitrogen and oxygen atoms in total. The van der Waals surface area contributed by atoms with Crippen LogP contribution >= 0.6 is 23.4 Å². The van der Waals surface area contributed by atoms with Gasteiger partial charge in [0.2, 0.25) is 10.0 Å². The van der Waals surface area contributed by atoms with Gasteiger partial charge in [-0.05, 0) is 24.3 Å². The van der Waals surface area contributed by atoms with Crippen LogP contribution in [0.1, 0.15) is 13.3 Å². The molecule has 1 unspecified atom stereocenters. The number of sulfonamides is 1. The van der Waals surface area contributed by atoms with Crippen LogP contribution in [-0.4, -0.2) is 38.6 Å². The van der Waals surface area contributed by atoms with Crippen LogP contribution in [0.5, 0.6) is 0 Å². The van der Waals surface area contributed by atoms with Crippen molar-refractivity contribution in [1.82, 2.24) is 4.72 Å². The summed E-state index contributed by atoms with van der Waals surface area (Å²) in [6, 6.07) is 0. The first-order valence-electron chi connectivity index (χ1n) is 4.54. The quantitative estimate of drug-likeness (QED) is 0.673. The minimum Gasteiger partial charge on any atom is -0.215 e. The molecule has 1 N–H and O–H groups in total. The van der Waals surface area contributed by atoms with E-state index in [2.05, 4.69) is 4.72 Å². The van der Waals surface area contributed by atoms with Crippen LogP contribution in [0.15, 0.2) is 0 Å². The molecule has 86 valence electrons. The number of thioether (sulfide) groups is 1. The molecule has 0 aliphatic carbocycles. The molecule has 1 atom stereocenters. The Balaban J connectivity index is 3.75. The average Bonchev–Trinajstić information content (AvgIpc) is 2.13. The van der Waals surface area contributed by atoms with E-state index < -0.39 is 10.0 Å². The van der Waals surface area contributed by atoms with Crippen LogP contribution in [-0.2, 0) is 10.0 Å². The molecule has 0 heterocycles. The molecular formula is C8H18ClNO2S2. The third kappa shape index (κ3) is 7.91. The first-order valence-corrected chi connectivity index (χ1v) is 8.12. The summed E-state index contributed by atoms with van der Waals surface area (Å²) in [5, 5.41) is 0. The monoisotopic (exact) mass is 259 g/mol. The van der Waals surface area contributed by atoms with Gasteiger partial charge in [-0.15, -0.1) is 11.6 Å². The molecule has 0 saturated carbocycles. The fourth-order valence-electron chi connectivity index (χ4n) is 0.929. The average molecular weight is 260 g/mol. The second kappa shape index (κ2) is 7.79. The van der Waals surface area contributed by atoms with Crippen molar-refractivity contribution in [1.29, 1.82) is 0 Å². The molecule has 0 saturated heterocycles. The van der Waals surface area contributed by atoms with Crippen molar-refractivity contribution < 1.29 is 8.42 Å². The van der Waals surface area contributed by atoms with Gasteiger partial charge in [0, 0.05) is 12.4 Å². The summed E-state index contributed by atoms with van der Waals surface area (Å²) < 4.78 is 25.2. The second-order valence-corrected chi connectivity index (χ2v) is 6.49. The van der Waals surface area contributed by atoms with E-state index in [0.29, 0.717) is 24.8 Å². The first-order chi connectivity index (χ1) is 6.52. The zero-order valence-corrected chi connectivity index (χ0v) is 11.0. The molecule has 0 radical (unpaired) electrons. The summed E-state index contributed by atoms with van der Waals surface area (Å²) >= 11 is 7.15. The lowest BCUT2D eigenvalue weighted by atomic mass is 10.2. The van der Waals surface area contributed by atoms with E-state index in [1.54, 1.807) is 11.8 Å². The van der Waals surface area contributed by atoms with Gasteiger partial charge < -0.3 is 0 Å². The van der Waals surface area contributed by atoms with Gasteiger partial charge in [0.25, 0.3) is 0 Å². The zero-order valence-electron chi connectivity index (χ0n) is 8.62. The summed E-state index contributed by atoms with van der Waals surface area (Å²) in [5.41, 5.74) is 0. The smallest absolute Gasteiger partial charge is 0.211 e. The Labute approximate surface area is 96.0 Å². The van der Waals surface area contributed by atoms with E-state index >= 15 is 0 Å². The number of nitrogens with one attached hydrogen (secondary N) is 1. The molecular weight excluding hydrogens is 242 g/mol. The summed E-state index contributed by atoms with van der Waals surface area (Å²) in [6.07, 6.45) is 2.52. The molecule has 0 aromatic heterocycles. The predicted octanol–water partition coefficient (Wildman–Crippen LogP) is 1.53. The lowest BCUT2D eigenvalue weighted by Gasteiger charge is -2.11. The third-order valence-corrected chi connectivity index (χ3v) is 4.25. The first kappa shape index (κ1) is 14.6. The molecule has 0 fully saturated rings. The molecule has 0 aromatic carbocycles. The molecule has 0 bridgehead atoms. The van der Waals surface area contributed by atoms with Crippen LogP contribution in [0.3, 0.4) is 0 Å². The van der Waals surface area contributed by atoms with Crippen molar-refractivity contribution in [2.24, 2.45) is 5.92 Å². The van der Waals surface area contributed by atoms with Crippen molar-refractivity contribution in [3.63, 3.8) is 0 Å². The number of hydrogen-bond acceptors (Lipinski definition) is 3. The highest BCUT2D eigenvalue weighted by molar-refractivity contribution is 7.98. The normalized spacial score (nSPS) is 14.2. The van der Waals surface area contributed by atoms with Gasteiger partial charge >= 0.3 is 0 Å². The van der Waals surface area contributed by atoms with Crippen molar-refractivity contribution in [3.05, 3.63) is 0 Å². The zero-order chi connectivity index (χ0) is 11.0. The minimum atomic E-state index is -3.10. The Kier molecular flexibility index (Phi) is 8.10. The van der Waals surface area contributed by atoms with E-state index in [-0.39, 0.29) is 5.75 Å². The van der Waals surface area contributed by atoms with E-state index in [1.807, 2.05) is 13.2 Å². The molecule has 6 heteroatoms. The van der Waals surface area contributed by atoms with E-state index in [4.69, 9.17) is 11.6 Å². The highest BCUT2D eigenvalue weighted by Crippen LogP contribution is 2.03. The lowest BCUT2D eigenvalue weighted by molar-refractivity contribution is 0.561. The van der Waals surface area contributed by atoms with Crippen LogP contribution < -0.4 is 4.72 Å². The van der Waals surface area contributed by atoms with Gasteiger partial charge in [0.05, 0.1) is 5.75 Å². The number of rotatable bonds is 8. The maximum Gasteiger partial charge on any atom is 0.211 e. The van der Waals surface area contributed by atoms with Gasteiger partial charge in [-0.2, -0.15) is 11.8 Å². The van der Waals surface area contributed by atoms with Gasteiger partial charge in [-0.1, -0.05) is 6.92 Å². The highest BCUT2D eigenvalue weighted by Gasteiger charge is 2.10. The molecule has 0 amide bonds. The van der Waals surface area contributed by atoms with E-state index in [9.17, 15) is 8.42 Å². The van der Waals surface area contributed by atoms with E-state index in [0.717, 1.165) is 5.75 Å². The van der Waals surface area contributed by atoms with E-state index in [1.165, 1.54) is 0 Å². The number of hydrogen-bond donors (Lipinski definition) is 1. The molecule has 0 aliphatic rings. The number of halogens is 1. The van der Waals surface area contributed by atoms with Crippen LogP contribution in [0.4, 0.5) is 0 Å². The maximum atomic E-state index is 11.3. The molecule has 0 aliphatic heterocycles. The van der Waals surface area contributed by atoms with Crippen molar-refractivity contribution in [3.8, 4) is 0 Å². The van der Waals surface area contributed by atoms with Crippen molar-refractivity contribution in [2.45, 2.75) is 13.3 Å². The predicted molar refractivity (Wildman–Crippen MR) is 64.7 cm³/mol. The SMILES string of the molecule is CSCC(C)CNS(=O)(=O)CCCCl. The largest absolute Gasteiger partial charge is 0.215 e. The Morgan fingerprint density at radius 2 is 2.14 bits per heavy atom. The Hall–Kier alpha value is 0.550. The summed E-state index contributed by atoms with van der Waals surface area (Å²) in [4.78, 5) is 0. The molecule has 14 heavy (non-hydrogen) atoms. The van der Waals surface area contributed by atoms with Crippen LogP contribution in [0, 0.1) is 5.92 Å². The fourth-order valence-corrected chi connectivity index (χ4v) is 3.12. The van der Waals surface area contributed by atoms with Crippen LogP contribution in [0.25, 0.3) is 0 Å². The molecule has 0 rings (SSSR count). The lowest BCUT2D eigenvalue weighted by Crippen LogP contribution is -2.31.